The molecule has 0 heterocycles. The van der Waals surface area contributed by atoms with Crippen molar-refractivity contribution in [2.45, 2.75) is 0 Å². The van der Waals surface area contributed by atoms with Crippen LogP contribution < -0.4 is 0 Å². The van der Waals surface area contributed by atoms with Crippen molar-refractivity contribution in [2.24, 2.45) is 0 Å². The van der Waals surface area contributed by atoms with Crippen LogP contribution in [0.3, 0.4) is 0 Å². The van der Waals surface area contributed by atoms with Gasteiger partial charge < -0.3 is 0 Å². The van der Waals surface area contributed by atoms with E-state index in [1.54, 1.807) is 0 Å². The summed E-state index contributed by atoms with van der Waals surface area (Å²) < 4.78 is 34.6. The molecule has 0 aliphatic rings. The average molecular weight is 157 g/mol. The zero-order valence-corrected chi connectivity index (χ0v) is 4.28. The summed E-state index contributed by atoms with van der Waals surface area (Å²) in [6, 6.07) is 0. The summed E-state index contributed by atoms with van der Waals surface area (Å²) in [6.07, 6.45) is 0. The summed E-state index contributed by atoms with van der Waals surface area (Å²) >= 11 is -6.10. The molecule has 0 rings (SSSR count). The first-order valence-corrected chi connectivity index (χ1v) is 4.32. The average Bonchev–Trinajstić information content (AvgIpc) is 0.722. The van der Waals surface area contributed by atoms with Crippen LogP contribution >= 0.6 is 0 Å². The molecule has 0 aliphatic carbocycles. The summed E-state index contributed by atoms with van der Waals surface area (Å²) in [4.78, 5) is 0. The van der Waals surface area contributed by atoms with Crippen LogP contribution in [0.5, 0.6) is 0 Å². The molecule has 0 aromatic carbocycles. The first-order chi connectivity index (χ1) is 2.00. The third kappa shape index (κ3) is 4160. The Balaban J connectivity index is 6.05. The van der Waals surface area contributed by atoms with Gasteiger partial charge in [-0.1, -0.05) is 0 Å². The van der Waals surface area contributed by atoms with Gasteiger partial charge in [0, 0.05) is 0 Å². The fourth-order valence-corrected chi connectivity index (χ4v) is 0. The Bertz CT molecular complexity index is 155. The molecule has 5 heteroatoms. The van der Waals surface area contributed by atoms with Crippen LogP contribution in [0.1, 0.15) is 0 Å². The molecular formula is NbO4. The molecule has 0 fully saturated rings. The van der Waals surface area contributed by atoms with Crippen LogP contribution in [0, 0.1) is 0 Å². The van der Waals surface area contributed by atoms with Gasteiger partial charge in [0.2, 0.25) is 0 Å². The predicted molar refractivity (Wildman–Crippen MR) is 2.75 cm³/mol. The molecule has 0 saturated heterocycles. The molecule has 0 unspecified atom stereocenters. The standard InChI is InChI=1S/Nb.4O. The second kappa shape index (κ2) is 0.965. The third-order valence-electron chi connectivity index (χ3n) is 0. The van der Waals surface area contributed by atoms with Gasteiger partial charge in [-0.15, -0.1) is 0 Å². The normalized spacial score (nSPS) is 8.00. The molecule has 0 aliphatic heterocycles. The van der Waals surface area contributed by atoms with Gasteiger partial charge in [0.15, 0.2) is 0 Å². The molecule has 0 atom stereocenters. The van der Waals surface area contributed by atoms with E-state index in [4.69, 9.17) is 13.0 Å². The summed E-state index contributed by atoms with van der Waals surface area (Å²) in [5.41, 5.74) is 0. The van der Waals surface area contributed by atoms with Gasteiger partial charge in [-0.05, 0) is 0 Å². The second-order valence-electron chi connectivity index (χ2n) is 0.447. The Morgan fingerprint density at radius 1 is 0.800 bits per heavy atom. The summed E-state index contributed by atoms with van der Waals surface area (Å²) in [5, 5.41) is 0. The number of hydrogen-bond acceptors (Lipinski definition) is 4. The van der Waals surface area contributed by atoms with Crippen LogP contribution in [0.2, 0.25) is 0 Å². The van der Waals surface area contributed by atoms with Crippen molar-refractivity contribution in [1.29, 1.82) is 0 Å². The molecule has 0 amide bonds. The van der Waals surface area contributed by atoms with E-state index in [-0.39, 0.29) is 0 Å². The molecular weight excluding hydrogens is 157 g/mol. The second-order valence-corrected chi connectivity index (χ2v) is 2.65. The van der Waals surface area contributed by atoms with Crippen molar-refractivity contribution in [3.63, 3.8) is 0 Å². The van der Waals surface area contributed by atoms with E-state index in [1.807, 2.05) is 0 Å². The SMILES string of the molecule is [O]=[Nb](=[O])(=[O])=[O]. The maximum atomic E-state index is 8.64. The van der Waals surface area contributed by atoms with Crippen LogP contribution in [-0.4, -0.2) is 0 Å². The molecule has 0 spiro atoms. The molecule has 0 bridgehead atoms. The molecule has 0 radical (unpaired) electrons. The number of rotatable bonds is 0. The van der Waals surface area contributed by atoms with E-state index in [0.29, 0.717) is 0 Å². The van der Waals surface area contributed by atoms with E-state index in [9.17, 15) is 0 Å². The minimum atomic E-state index is -6.10. The first kappa shape index (κ1) is 4.94. The summed E-state index contributed by atoms with van der Waals surface area (Å²) in [6.45, 7) is 0. The van der Waals surface area contributed by atoms with Crippen molar-refractivity contribution >= 4 is 0 Å². The Kier molecular flexibility index (Phi) is 0.954. The molecule has 0 N–H and O–H groups in total. The van der Waals surface area contributed by atoms with Gasteiger partial charge in [-0.3, -0.25) is 0 Å². The Morgan fingerprint density at radius 3 is 0.800 bits per heavy atom. The quantitative estimate of drug-likeness (QED) is 0.445. The van der Waals surface area contributed by atoms with E-state index < -0.39 is 17.0 Å². The molecule has 5 heavy (non-hydrogen) atoms. The van der Waals surface area contributed by atoms with Crippen LogP contribution in [0.4, 0.5) is 0 Å². The topological polar surface area (TPSA) is 68.3 Å². The van der Waals surface area contributed by atoms with Gasteiger partial charge in [0.05, 0.1) is 0 Å². The van der Waals surface area contributed by atoms with Gasteiger partial charge in [-0.25, -0.2) is 0 Å². The summed E-state index contributed by atoms with van der Waals surface area (Å²) in [5.74, 6) is 0. The Morgan fingerprint density at radius 2 is 0.800 bits per heavy atom. The molecule has 29 valence electrons. The third-order valence-corrected chi connectivity index (χ3v) is 0. The Hall–Kier alpha value is -0.0597. The van der Waals surface area contributed by atoms with Crippen molar-refractivity contribution in [3.8, 4) is 0 Å². The molecule has 0 aromatic heterocycles. The van der Waals surface area contributed by atoms with Crippen molar-refractivity contribution in [1.82, 2.24) is 0 Å². The molecule has 4 nitrogen and oxygen atoms in total. The predicted octanol–water partition coefficient (Wildman–Crippen LogP) is -0.478. The van der Waals surface area contributed by atoms with Crippen molar-refractivity contribution in [3.05, 3.63) is 0 Å². The van der Waals surface area contributed by atoms with Gasteiger partial charge in [0.25, 0.3) is 0 Å². The van der Waals surface area contributed by atoms with E-state index in [0.717, 1.165) is 0 Å². The zero-order valence-electron chi connectivity index (χ0n) is 2.08. The van der Waals surface area contributed by atoms with E-state index in [2.05, 4.69) is 0 Å². The van der Waals surface area contributed by atoms with Crippen LogP contribution in [-0.2, 0) is 30.0 Å². The number of hydrogen-bond donors (Lipinski definition) is 0. The van der Waals surface area contributed by atoms with Gasteiger partial charge >= 0.3 is 30.0 Å². The van der Waals surface area contributed by atoms with Crippen molar-refractivity contribution < 1.29 is 30.0 Å². The fraction of sp³-hybridized carbons (Fsp3) is 0. The van der Waals surface area contributed by atoms with Crippen LogP contribution in [0.15, 0.2) is 0 Å². The first-order valence-electron chi connectivity index (χ1n) is 0.730. The van der Waals surface area contributed by atoms with Gasteiger partial charge in [-0.2, -0.15) is 0 Å². The Labute approximate surface area is 30.7 Å². The monoisotopic (exact) mass is 157 g/mol. The minimum absolute atomic E-state index is 6.10. The molecule has 0 saturated carbocycles. The van der Waals surface area contributed by atoms with E-state index in [1.165, 1.54) is 0 Å². The molecule has 0 aromatic rings. The fourth-order valence-electron chi connectivity index (χ4n) is 0. The van der Waals surface area contributed by atoms with E-state index >= 15 is 0 Å². The zero-order chi connectivity index (χ0) is 4.50. The van der Waals surface area contributed by atoms with Gasteiger partial charge in [0.1, 0.15) is 0 Å². The summed E-state index contributed by atoms with van der Waals surface area (Å²) in [7, 11) is 0. The van der Waals surface area contributed by atoms with Crippen LogP contribution in [0.25, 0.3) is 0 Å². The van der Waals surface area contributed by atoms with Crippen molar-refractivity contribution in [2.75, 3.05) is 0 Å². The maximum absolute atomic E-state index is 8.64.